The molecule has 5 heteroatoms. The first-order valence-corrected chi connectivity index (χ1v) is 7.57. The molecule has 4 rings (SSSR count). The van der Waals surface area contributed by atoms with Gasteiger partial charge in [0.2, 0.25) is 0 Å². The molecule has 0 aliphatic heterocycles. The number of carbonyl (C=O) groups is 1. The Morgan fingerprint density at radius 1 is 0.833 bits per heavy atom. The monoisotopic (exact) mass is 310 g/mol. The summed E-state index contributed by atoms with van der Waals surface area (Å²) in [4.78, 5) is 13.0. The van der Waals surface area contributed by atoms with E-state index in [9.17, 15) is 25.8 Å². The Bertz CT molecular complexity index is 950. The quantitative estimate of drug-likeness (QED) is 0.682. The third-order valence-corrected chi connectivity index (χ3v) is 5.85. The number of carbonyl (C=O) groups excluding carboxylic acids is 1. The summed E-state index contributed by atoms with van der Waals surface area (Å²) in [6, 6.07) is 15.1. The first kappa shape index (κ1) is 14.2. The molecule has 24 heavy (non-hydrogen) atoms. The Kier molecular flexibility index (Phi) is 2.56. The molecule has 1 saturated carbocycles. The van der Waals surface area contributed by atoms with E-state index in [-0.39, 0.29) is 5.78 Å². The zero-order valence-corrected chi connectivity index (χ0v) is 12.5. The maximum Gasteiger partial charge on any atom is 0.183 e. The average Bonchev–Trinajstić information content (AvgIpc) is 2.90. The lowest BCUT2D eigenvalue weighted by Crippen LogP contribution is -2.39. The molecule has 3 aliphatic rings. The molecule has 1 aromatic rings. The minimum absolute atomic E-state index is 0.103. The number of allylic oxidation sites excluding steroid dienone is 2. The topological polar surface area (TPSA) is 112 Å². The zero-order valence-electron chi connectivity index (χ0n) is 12.5. The highest BCUT2D eigenvalue weighted by atomic mass is 16.1. The number of hydrogen-bond donors (Lipinski definition) is 0. The Balaban J connectivity index is 2.18. The third-order valence-electron chi connectivity index (χ3n) is 5.85. The van der Waals surface area contributed by atoms with Crippen LogP contribution in [0.1, 0.15) is 23.0 Å². The molecule has 1 fully saturated rings. The molecule has 3 aliphatic carbocycles. The van der Waals surface area contributed by atoms with Gasteiger partial charge in [-0.1, -0.05) is 36.4 Å². The van der Waals surface area contributed by atoms with Crippen LogP contribution in [0.3, 0.4) is 0 Å². The molecule has 0 amide bonds. The Hall–Kier alpha value is -3.41. The zero-order chi connectivity index (χ0) is 17.1. The number of benzene rings is 1. The van der Waals surface area contributed by atoms with E-state index in [1.165, 1.54) is 0 Å². The first-order valence-electron chi connectivity index (χ1n) is 7.57. The fourth-order valence-electron chi connectivity index (χ4n) is 4.84. The number of ketones is 1. The number of hydrogen-bond acceptors (Lipinski definition) is 5. The summed E-state index contributed by atoms with van der Waals surface area (Å²) in [6.45, 7) is 0. The van der Waals surface area contributed by atoms with Gasteiger partial charge in [0, 0.05) is 17.8 Å². The fourth-order valence-corrected chi connectivity index (χ4v) is 4.84. The van der Waals surface area contributed by atoms with E-state index in [1.807, 2.05) is 36.4 Å². The highest BCUT2D eigenvalue weighted by molar-refractivity contribution is 5.96. The predicted molar refractivity (Wildman–Crippen MR) is 80.4 cm³/mol. The molecular weight excluding hydrogens is 300 g/mol. The van der Waals surface area contributed by atoms with Crippen LogP contribution in [-0.2, 0) is 4.79 Å². The number of rotatable bonds is 0. The normalized spacial score (nSPS) is 32.6. The van der Waals surface area contributed by atoms with Crippen molar-refractivity contribution < 1.29 is 4.79 Å². The molecule has 2 bridgehead atoms. The highest BCUT2D eigenvalue weighted by Gasteiger charge is 2.75. The van der Waals surface area contributed by atoms with Crippen molar-refractivity contribution in [2.75, 3.05) is 0 Å². The smallest absolute Gasteiger partial charge is 0.183 e. The summed E-state index contributed by atoms with van der Waals surface area (Å²) in [6.07, 6.45) is 3.41. The van der Waals surface area contributed by atoms with Crippen molar-refractivity contribution in [3.8, 4) is 24.3 Å². The fraction of sp³-hybridized carbons (Fsp3) is 0.316. The van der Waals surface area contributed by atoms with E-state index < -0.39 is 34.5 Å². The highest BCUT2D eigenvalue weighted by Crippen LogP contribution is 2.69. The number of nitriles is 4. The van der Waals surface area contributed by atoms with Crippen molar-refractivity contribution in [2.45, 2.75) is 11.8 Å². The van der Waals surface area contributed by atoms with Gasteiger partial charge in [-0.05, 0) is 11.1 Å². The molecule has 0 radical (unpaired) electrons. The van der Waals surface area contributed by atoms with E-state index in [0.717, 1.165) is 11.1 Å². The Morgan fingerprint density at radius 3 is 2.00 bits per heavy atom. The maximum atomic E-state index is 13.0. The number of nitrogens with zero attached hydrogens (tertiary/aromatic N) is 4. The van der Waals surface area contributed by atoms with Crippen LogP contribution < -0.4 is 0 Å². The van der Waals surface area contributed by atoms with Crippen molar-refractivity contribution in [2.24, 2.45) is 22.7 Å². The van der Waals surface area contributed by atoms with Crippen LogP contribution in [-0.4, -0.2) is 5.78 Å². The predicted octanol–water partition coefficient (Wildman–Crippen LogP) is 2.32. The van der Waals surface area contributed by atoms with Crippen molar-refractivity contribution in [3.63, 3.8) is 0 Å². The molecule has 0 aromatic heterocycles. The van der Waals surface area contributed by atoms with Crippen LogP contribution in [0.4, 0.5) is 0 Å². The van der Waals surface area contributed by atoms with E-state index in [0.29, 0.717) is 0 Å². The second-order valence-corrected chi connectivity index (χ2v) is 6.49. The van der Waals surface area contributed by atoms with Crippen LogP contribution in [0, 0.1) is 68.0 Å². The SMILES string of the molecule is N#CC1(C#N)C2C=CC3C(=O)C2C(c2ccccc23)C1(C#N)C#N. The second-order valence-electron chi connectivity index (χ2n) is 6.49. The Morgan fingerprint density at radius 2 is 1.42 bits per heavy atom. The molecule has 0 saturated heterocycles. The number of Topliss-reactive ketones (excluding diaryl/α,β-unsaturated/α-hetero) is 1. The van der Waals surface area contributed by atoms with Gasteiger partial charge in [-0.2, -0.15) is 21.0 Å². The van der Waals surface area contributed by atoms with Gasteiger partial charge in [0.1, 0.15) is 5.78 Å². The van der Waals surface area contributed by atoms with Crippen molar-refractivity contribution in [1.82, 2.24) is 0 Å². The van der Waals surface area contributed by atoms with Gasteiger partial charge >= 0.3 is 0 Å². The summed E-state index contributed by atoms with van der Waals surface area (Å²) in [5.74, 6) is -2.72. The third kappa shape index (κ3) is 1.19. The van der Waals surface area contributed by atoms with E-state index in [4.69, 9.17) is 0 Å². The molecule has 0 spiro atoms. The van der Waals surface area contributed by atoms with Gasteiger partial charge in [-0.15, -0.1) is 0 Å². The molecule has 112 valence electrons. The maximum absolute atomic E-state index is 13.0. The van der Waals surface area contributed by atoms with E-state index in [1.54, 1.807) is 24.3 Å². The summed E-state index contributed by atoms with van der Waals surface area (Å²) in [5, 5.41) is 39.4. The van der Waals surface area contributed by atoms with Crippen LogP contribution in [0.15, 0.2) is 36.4 Å². The van der Waals surface area contributed by atoms with Gasteiger partial charge in [0.25, 0.3) is 0 Å². The lowest BCUT2D eigenvalue weighted by atomic mass is 9.60. The largest absolute Gasteiger partial charge is 0.298 e. The van der Waals surface area contributed by atoms with Crippen LogP contribution >= 0.6 is 0 Å². The summed E-state index contributed by atoms with van der Waals surface area (Å²) in [5.41, 5.74) is -2.24. The standard InChI is InChI=1S/C19H10N4O/c20-7-18(8-21)14-6-5-13-11-3-1-2-4-12(11)16(15(14)17(13)24)19(18,9-22)10-23/h1-6,13-16H. The van der Waals surface area contributed by atoms with Crippen molar-refractivity contribution in [3.05, 3.63) is 47.5 Å². The number of fused-ring (bicyclic) bond motifs is 4. The molecule has 1 aromatic carbocycles. The van der Waals surface area contributed by atoms with Crippen LogP contribution in [0.5, 0.6) is 0 Å². The molecule has 5 nitrogen and oxygen atoms in total. The van der Waals surface area contributed by atoms with Crippen molar-refractivity contribution >= 4 is 5.78 Å². The van der Waals surface area contributed by atoms with Crippen LogP contribution in [0.2, 0.25) is 0 Å². The molecule has 4 unspecified atom stereocenters. The minimum atomic E-state index is -1.88. The molecule has 0 N–H and O–H groups in total. The van der Waals surface area contributed by atoms with E-state index in [2.05, 4.69) is 0 Å². The second kappa shape index (κ2) is 4.32. The van der Waals surface area contributed by atoms with E-state index >= 15 is 0 Å². The van der Waals surface area contributed by atoms with Crippen molar-refractivity contribution in [1.29, 1.82) is 21.0 Å². The molecular formula is C19H10N4O. The van der Waals surface area contributed by atoms with Gasteiger partial charge in [-0.3, -0.25) is 4.79 Å². The summed E-state index contributed by atoms with van der Waals surface area (Å²) < 4.78 is 0. The van der Waals surface area contributed by atoms with Gasteiger partial charge in [-0.25, -0.2) is 0 Å². The molecule has 4 atom stereocenters. The first-order chi connectivity index (χ1) is 11.6. The Labute approximate surface area is 138 Å². The summed E-state index contributed by atoms with van der Waals surface area (Å²) in [7, 11) is 0. The average molecular weight is 310 g/mol. The molecule has 0 heterocycles. The van der Waals surface area contributed by atoms with Gasteiger partial charge < -0.3 is 0 Å². The summed E-state index contributed by atoms with van der Waals surface area (Å²) >= 11 is 0. The van der Waals surface area contributed by atoms with Gasteiger partial charge in [0.15, 0.2) is 10.8 Å². The lowest BCUT2D eigenvalue weighted by molar-refractivity contribution is -0.125. The lowest BCUT2D eigenvalue weighted by Gasteiger charge is -2.37. The van der Waals surface area contributed by atoms with Crippen LogP contribution in [0.25, 0.3) is 0 Å². The minimum Gasteiger partial charge on any atom is -0.298 e. The van der Waals surface area contributed by atoms with Gasteiger partial charge in [0.05, 0.1) is 30.2 Å².